The second kappa shape index (κ2) is 8.22. The van der Waals surface area contributed by atoms with Crippen LogP contribution in [0.5, 0.6) is 0 Å². The highest BCUT2D eigenvalue weighted by atomic mass is 19.1. The number of carbonyl (C=O) groups is 1. The highest BCUT2D eigenvalue weighted by Crippen LogP contribution is 2.16. The van der Waals surface area contributed by atoms with Crippen molar-refractivity contribution >= 4 is 5.91 Å². The van der Waals surface area contributed by atoms with E-state index in [0.29, 0.717) is 36.0 Å². The third-order valence-electron chi connectivity index (χ3n) is 4.26. The van der Waals surface area contributed by atoms with Gasteiger partial charge in [-0.1, -0.05) is 23.4 Å². The Bertz CT molecular complexity index is 726. The van der Waals surface area contributed by atoms with Gasteiger partial charge in [-0.3, -0.25) is 4.79 Å². The van der Waals surface area contributed by atoms with Crippen LogP contribution in [0.1, 0.15) is 33.8 Å². The summed E-state index contributed by atoms with van der Waals surface area (Å²) in [4.78, 5) is 12.2. The molecule has 1 atom stereocenters. The lowest BCUT2D eigenvalue weighted by molar-refractivity contribution is 0.0855. The predicted molar refractivity (Wildman–Crippen MR) is 87.4 cm³/mol. The summed E-state index contributed by atoms with van der Waals surface area (Å²) in [5.74, 6) is 0.228. The quantitative estimate of drug-likeness (QED) is 0.833. The van der Waals surface area contributed by atoms with Crippen molar-refractivity contribution < 1.29 is 23.2 Å². The first-order valence-corrected chi connectivity index (χ1v) is 8.27. The molecule has 0 saturated carbocycles. The second-order valence-corrected chi connectivity index (χ2v) is 6.10. The molecule has 1 saturated heterocycles. The molecule has 1 aliphatic heterocycles. The number of nitrogens with zero attached hydrogens (tertiary/aromatic N) is 1. The Kier molecular flexibility index (Phi) is 5.78. The van der Waals surface area contributed by atoms with E-state index < -0.39 is 0 Å². The molecule has 2 heterocycles. The molecule has 1 N–H and O–H groups in total. The van der Waals surface area contributed by atoms with Crippen molar-refractivity contribution in [3.8, 4) is 0 Å². The van der Waals surface area contributed by atoms with Crippen molar-refractivity contribution in [2.75, 3.05) is 19.8 Å². The minimum Gasteiger partial charge on any atom is -0.381 e. The zero-order chi connectivity index (χ0) is 17.6. The number of ether oxygens (including phenoxy) is 2. The summed E-state index contributed by atoms with van der Waals surface area (Å²) in [6, 6.07) is 6.42. The minimum absolute atomic E-state index is 0.121. The van der Waals surface area contributed by atoms with E-state index in [2.05, 4.69) is 10.5 Å². The van der Waals surface area contributed by atoms with Gasteiger partial charge in [0.2, 0.25) is 0 Å². The van der Waals surface area contributed by atoms with Crippen LogP contribution < -0.4 is 5.32 Å². The molecule has 0 bridgehead atoms. The van der Waals surface area contributed by atoms with Gasteiger partial charge >= 0.3 is 0 Å². The van der Waals surface area contributed by atoms with Gasteiger partial charge < -0.3 is 19.3 Å². The first kappa shape index (κ1) is 17.6. The van der Waals surface area contributed by atoms with Gasteiger partial charge in [0.05, 0.1) is 13.2 Å². The maximum absolute atomic E-state index is 13.5. The number of rotatable bonds is 7. The van der Waals surface area contributed by atoms with Crippen LogP contribution in [0.15, 0.2) is 28.8 Å². The molecule has 0 spiro atoms. The van der Waals surface area contributed by atoms with Crippen LogP contribution in [-0.2, 0) is 22.7 Å². The number of carbonyl (C=O) groups excluding carboxylic acids is 1. The molecule has 2 aromatic rings. The smallest absolute Gasteiger partial charge is 0.273 e. The summed E-state index contributed by atoms with van der Waals surface area (Å²) in [5.41, 5.74) is 1.36. The molecule has 1 amide bonds. The molecule has 1 unspecified atom stereocenters. The molecule has 134 valence electrons. The zero-order valence-corrected chi connectivity index (χ0v) is 14.1. The van der Waals surface area contributed by atoms with E-state index in [0.717, 1.165) is 13.0 Å². The molecule has 7 heteroatoms. The van der Waals surface area contributed by atoms with Crippen LogP contribution in [0, 0.1) is 18.7 Å². The maximum Gasteiger partial charge on any atom is 0.273 e. The number of amides is 1. The third-order valence-corrected chi connectivity index (χ3v) is 4.26. The lowest BCUT2D eigenvalue weighted by Gasteiger charge is -2.08. The highest BCUT2D eigenvalue weighted by molar-refractivity contribution is 5.93. The molecule has 1 aromatic heterocycles. The van der Waals surface area contributed by atoms with Gasteiger partial charge in [-0.25, -0.2) is 4.39 Å². The molecule has 25 heavy (non-hydrogen) atoms. The minimum atomic E-state index is -0.312. The molecular weight excluding hydrogens is 327 g/mol. The van der Waals surface area contributed by atoms with Crippen LogP contribution in [0.25, 0.3) is 0 Å². The molecule has 6 nitrogen and oxygen atoms in total. The van der Waals surface area contributed by atoms with Crippen molar-refractivity contribution in [3.05, 3.63) is 52.7 Å². The first-order chi connectivity index (χ1) is 12.1. The largest absolute Gasteiger partial charge is 0.381 e. The summed E-state index contributed by atoms with van der Waals surface area (Å²) in [6.07, 6.45) is 0.952. The number of nitrogens with one attached hydrogen (secondary N) is 1. The Morgan fingerprint density at radius 1 is 1.40 bits per heavy atom. The van der Waals surface area contributed by atoms with Gasteiger partial charge in [-0.05, 0) is 19.4 Å². The number of hydrogen-bond donors (Lipinski definition) is 1. The average molecular weight is 348 g/mol. The molecular formula is C18H21FN2O4. The van der Waals surface area contributed by atoms with Crippen LogP contribution in [0.2, 0.25) is 0 Å². The fraction of sp³-hybridized carbons (Fsp3) is 0.444. The number of halogens is 1. The van der Waals surface area contributed by atoms with Gasteiger partial charge in [-0.15, -0.1) is 0 Å². The van der Waals surface area contributed by atoms with E-state index in [-0.39, 0.29) is 30.6 Å². The lowest BCUT2D eigenvalue weighted by atomic mass is 10.1. The van der Waals surface area contributed by atoms with Crippen molar-refractivity contribution in [1.82, 2.24) is 10.5 Å². The number of aromatic nitrogens is 1. The summed E-state index contributed by atoms with van der Waals surface area (Å²) in [5, 5.41) is 6.68. The van der Waals surface area contributed by atoms with Gasteiger partial charge in [0.25, 0.3) is 5.91 Å². The van der Waals surface area contributed by atoms with Gasteiger partial charge in [0.1, 0.15) is 12.4 Å². The monoisotopic (exact) mass is 348 g/mol. The van der Waals surface area contributed by atoms with Gasteiger partial charge in [0.15, 0.2) is 11.5 Å². The summed E-state index contributed by atoms with van der Waals surface area (Å²) in [6.45, 7) is 3.98. The Morgan fingerprint density at radius 3 is 3.00 bits per heavy atom. The first-order valence-electron chi connectivity index (χ1n) is 8.27. The Hall–Kier alpha value is -2.25. The molecule has 1 aromatic carbocycles. The standard InChI is InChI=1S/C18H21FN2O4/c1-12-16(11-24-10-14-4-2-3-5-15(14)19)25-21-17(12)18(22)20-8-13-6-7-23-9-13/h2-5,13H,6-11H2,1H3,(H,20,22). The Labute approximate surface area is 145 Å². The Morgan fingerprint density at radius 2 is 2.24 bits per heavy atom. The lowest BCUT2D eigenvalue weighted by Crippen LogP contribution is -2.30. The van der Waals surface area contributed by atoms with E-state index in [9.17, 15) is 9.18 Å². The van der Waals surface area contributed by atoms with E-state index in [4.69, 9.17) is 14.0 Å². The van der Waals surface area contributed by atoms with Crippen LogP contribution in [-0.4, -0.2) is 30.8 Å². The van der Waals surface area contributed by atoms with Gasteiger partial charge in [-0.2, -0.15) is 0 Å². The Balaban J connectivity index is 1.51. The normalized spacial score (nSPS) is 17.0. The third kappa shape index (κ3) is 4.43. The molecule has 1 aliphatic rings. The van der Waals surface area contributed by atoms with Crippen molar-refractivity contribution in [2.24, 2.45) is 5.92 Å². The van der Waals surface area contributed by atoms with Crippen molar-refractivity contribution in [3.63, 3.8) is 0 Å². The number of benzene rings is 1. The summed E-state index contributed by atoms with van der Waals surface area (Å²) in [7, 11) is 0. The summed E-state index contributed by atoms with van der Waals surface area (Å²) < 4.78 is 29.5. The number of hydrogen-bond acceptors (Lipinski definition) is 5. The molecule has 3 rings (SSSR count). The van der Waals surface area contributed by atoms with Crippen LogP contribution in [0.4, 0.5) is 4.39 Å². The topological polar surface area (TPSA) is 73.6 Å². The fourth-order valence-corrected chi connectivity index (χ4v) is 2.65. The van der Waals surface area contributed by atoms with Crippen LogP contribution >= 0.6 is 0 Å². The van der Waals surface area contributed by atoms with Gasteiger partial charge in [0, 0.05) is 30.2 Å². The predicted octanol–water partition coefficient (Wildman–Crippen LogP) is 2.61. The fourth-order valence-electron chi connectivity index (χ4n) is 2.65. The van der Waals surface area contributed by atoms with E-state index in [1.54, 1.807) is 25.1 Å². The van der Waals surface area contributed by atoms with Crippen LogP contribution in [0.3, 0.4) is 0 Å². The average Bonchev–Trinajstić information content (AvgIpc) is 3.25. The molecule has 0 radical (unpaired) electrons. The molecule has 1 fully saturated rings. The second-order valence-electron chi connectivity index (χ2n) is 6.10. The highest BCUT2D eigenvalue weighted by Gasteiger charge is 2.21. The zero-order valence-electron chi connectivity index (χ0n) is 14.1. The SMILES string of the molecule is Cc1c(C(=O)NCC2CCOC2)noc1COCc1ccccc1F. The van der Waals surface area contributed by atoms with E-state index in [1.165, 1.54) is 6.07 Å². The molecule has 0 aliphatic carbocycles. The summed E-state index contributed by atoms with van der Waals surface area (Å²) >= 11 is 0. The van der Waals surface area contributed by atoms with E-state index >= 15 is 0 Å². The van der Waals surface area contributed by atoms with Crippen molar-refractivity contribution in [2.45, 2.75) is 26.6 Å². The van der Waals surface area contributed by atoms with E-state index in [1.807, 2.05) is 0 Å². The maximum atomic E-state index is 13.5. The van der Waals surface area contributed by atoms with Crippen molar-refractivity contribution in [1.29, 1.82) is 0 Å².